The number of nitrogens with one attached hydrogen (secondary N) is 2. The first-order valence-corrected chi connectivity index (χ1v) is 10.3. The van der Waals surface area contributed by atoms with Gasteiger partial charge in [0.1, 0.15) is 0 Å². The molecule has 1 aliphatic heterocycles. The number of aromatic amines is 1. The molecule has 3 N–H and O–H groups in total. The predicted octanol–water partition coefficient (Wildman–Crippen LogP) is 3.88. The van der Waals surface area contributed by atoms with Gasteiger partial charge in [-0.15, -0.1) is 0 Å². The molecule has 0 amide bonds. The van der Waals surface area contributed by atoms with Crippen LogP contribution in [0.15, 0.2) is 39.6 Å². The van der Waals surface area contributed by atoms with Crippen LogP contribution in [0, 0.1) is 0 Å². The molecule has 0 fully saturated rings. The number of nitrogens with zero attached hydrogens (tertiary/aromatic N) is 2. The number of fused-ring (bicyclic) bond motifs is 1. The SMILES string of the molecule is CCC(C)c1ccc(-c2nc(-c3cc4c([nH]c3=O)CCNC4)no2)cc1.O=C(O)C(F)(F)F. The Bertz CT molecular complexity index is 1170. The number of H-pyrrole nitrogens is 1. The van der Waals surface area contributed by atoms with Gasteiger partial charge in [-0.1, -0.05) is 31.1 Å². The van der Waals surface area contributed by atoms with Gasteiger partial charge in [0.25, 0.3) is 11.4 Å². The van der Waals surface area contributed by atoms with E-state index in [1.54, 1.807) is 0 Å². The van der Waals surface area contributed by atoms with E-state index in [4.69, 9.17) is 14.4 Å². The molecule has 4 rings (SSSR count). The van der Waals surface area contributed by atoms with Gasteiger partial charge in [0.2, 0.25) is 5.82 Å². The lowest BCUT2D eigenvalue weighted by molar-refractivity contribution is -0.192. The number of benzene rings is 1. The molecule has 11 heteroatoms. The van der Waals surface area contributed by atoms with Gasteiger partial charge in [-0.25, -0.2) is 4.79 Å². The number of hydrogen-bond donors (Lipinski definition) is 3. The second-order valence-corrected chi connectivity index (χ2v) is 7.60. The van der Waals surface area contributed by atoms with Crippen molar-refractivity contribution in [3.05, 3.63) is 57.5 Å². The Morgan fingerprint density at radius 2 is 1.94 bits per heavy atom. The van der Waals surface area contributed by atoms with Crippen molar-refractivity contribution in [2.24, 2.45) is 0 Å². The Morgan fingerprint density at radius 3 is 2.55 bits per heavy atom. The molecule has 33 heavy (non-hydrogen) atoms. The third-order valence-corrected chi connectivity index (χ3v) is 5.33. The van der Waals surface area contributed by atoms with Crippen LogP contribution in [-0.4, -0.2) is 38.9 Å². The van der Waals surface area contributed by atoms with Crippen molar-refractivity contribution in [2.75, 3.05) is 6.54 Å². The van der Waals surface area contributed by atoms with Crippen LogP contribution in [0.25, 0.3) is 22.8 Å². The van der Waals surface area contributed by atoms with E-state index in [0.717, 1.165) is 42.8 Å². The number of alkyl halides is 3. The number of carboxylic acids is 1. The quantitative estimate of drug-likeness (QED) is 0.536. The number of aliphatic carboxylic acids is 1. The third-order valence-electron chi connectivity index (χ3n) is 5.33. The molecule has 8 nitrogen and oxygen atoms in total. The van der Waals surface area contributed by atoms with Crippen molar-refractivity contribution in [1.29, 1.82) is 0 Å². The van der Waals surface area contributed by atoms with Crippen molar-refractivity contribution >= 4 is 5.97 Å². The van der Waals surface area contributed by atoms with Gasteiger partial charge in [-0.3, -0.25) is 4.79 Å². The van der Waals surface area contributed by atoms with Crippen molar-refractivity contribution < 1.29 is 27.6 Å². The van der Waals surface area contributed by atoms with Crippen LogP contribution in [0.1, 0.15) is 43.0 Å². The van der Waals surface area contributed by atoms with E-state index < -0.39 is 12.1 Å². The zero-order valence-corrected chi connectivity index (χ0v) is 18.0. The number of rotatable bonds is 4. The summed E-state index contributed by atoms with van der Waals surface area (Å²) in [6, 6.07) is 10.0. The molecule has 1 atom stereocenters. The Labute approximate surface area is 186 Å². The van der Waals surface area contributed by atoms with Crippen LogP contribution in [0.5, 0.6) is 0 Å². The molecular weight excluding hydrogens is 441 g/mol. The molecule has 0 saturated carbocycles. The van der Waals surface area contributed by atoms with Crippen molar-refractivity contribution in [1.82, 2.24) is 20.4 Å². The smallest absolute Gasteiger partial charge is 0.475 e. The van der Waals surface area contributed by atoms with E-state index in [-0.39, 0.29) is 5.56 Å². The Balaban J connectivity index is 0.000000383. The summed E-state index contributed by atoms with van der Waals surface area (Å²) in [7, 11) is 0. The molecule has 2 aromatic heterocycles. The highest BCUT2D eigenvalue weighted by molar-refractivity contribution is 5.73. The first-order chi connectivity index (χ1) is 15.6. The van der Waals surface area contributed by atoms with Gasteiger partial charge in [0.05, 0.1) is 5.56 Å². The second-order valence-electron chi connectivity index (χ2n) is 7.60. The lowest BCUT2D eigenvalue weighted by atomic mass is 9.98. The van der Waals surface area contributed by atoms with Gasteiger partial charge in [-0.2, -0.15) is 18.2 Å². The molecule has 1 unspecified atom stereocenters. The van der Waals surface area contributed by atoms with Crippen molar-refractivity contribution in [2.45, 2.75) is 45.3 Å². The molecule has 3 aromatic rings. The third kappa shape index (κ3) is 5.86. The molecule has 0 bridgehead atoms. The highest BCUT2D eigenvalue weighted by atomic mass is 19.4. The number of carbonyl (C=O) groups is 1. The predicted molar refractivity (Wildman–Crippen MR) is 114 cm³/mol. The fourth-order valence-corrected chi connectivity index (χ4v) is 3.23. The van der Waals surface area contributed by atoms with Crippen LogP contribution >= 0.6 is 0 Å². The van der Waals surface area contributed by atoms with Crippen LogP contribution in [-0.2, 0) is 17.8 Å². The number of hydrogen-bond acceptors (Lipinski definition) is 6. The Kier molecular flexibility index (Phi) is 7.32. The minimum absolute atomic E-state index is 0.176. The average molecular weight is 464 g/mol. The van der Waals surface area contributed by atoms with Gasteiger partial charge >= 0.3 is 12.1 Å². The molecule has 3 heterocycles. The summed E-state index contributed by atoms with van der Waals surface area (Å²) >= 11 is 0. The lowest BCUT2D eigenvalue weighted by Gasteiger charge is -2.16. The van der Waals surface area contributed by atoms with E-state index in [1.165, 1.54) is 5.56 Å². The van der Waals surface area contributed by atoms with Crippen LogP contribution in [0.2, 0.25) is 0 Å². The van der Waals surface area contributed by atoms with Crippen molar-refractivity contribution in [3.8, 4) is 22.8 Å². The first-order valence-electron chi connectivity index (χ1n) is 10.3. The van der Waals surface area contributed by atoms with Crippen molar-refractivity contribution in [3.63, 3.8) is 0 Å². The standard InChI is InChI=1S/C20H22N4O2.C2HF3O2/c1-3-12(2)13-4-6-14(7-5-13)20-23-18(24-26-20)16-10-15-11-21-9-8-17(15)22-19(16)25;3-2(4,5)1(6)7/h4-7,10,12,21H,3,8-9,11H2,1-2H3,(H,22,25);(H,6,7). The normalized spacial score (nSPS) is 14.1. The van der Waals surface area contributed by atoms with E-state index in [9.17, 15) is 18.0 Å². The van der Waals surface area contributed by atoms with Crippen LogP contribution < -0.4 is 10.9 Å². The summed E-state index contributed by atoms with van der Waals surface area (Å²) in [5.74, 6) is -1.50. The number of halogens is 3. The number of aromatic nitrogens is 3. The largest absolute Gasteiger partial charge is 0.490 e. The zero-order chi connectivity index (χ0) is 24.2. The molecule has 0 radical (unpaired) electrons. The van der Waals surface area contributed by atoms with Crippen LogP contribution in [0.3, 0.4) is 0 Å². The summed E-state index contributed by atoms with van der Waals surface area (Å²) < 4.78 is 37.1. The lowest BCUT2D eigenvalue weighted by Crippen LogP contribution is -2.27. The van der Waals surface area contributed by atoms with Gasteiger partial charge in [0, 0.05) is 30.8 Å². The Hall–Kier alpha value is -3.47. The molecule has 1 aliphatic rings. The summed E-state index contributed by atoms with van der Waals surface area (Å²) in [5.41, 5.74) is 4.47. The molecule has 0 spiro atoms. The Morgan fingerprint density at radius 1 is 1.27 bits per heavy atom. The fraction of sp³-hybridized carbons (Fsp3) is 0.364. The maximum absolute atomic E-state index is 12.4. The highest BCUT2D eigenvalue weighted by Gasteiger charge is 2.38. The fourth-order valence-electron chi connectivity index (χ4n) is 3.23. The molecular formula is C22H23F3N4O4. The van der Waals surface area contributed by atoms with E-state index >= 15 is 0 Å². The summed E-state index contributed by atoms with van der Waals surface area (Å²) in [6.45, 7) is 5.99. The number of carboxylic acid groups (broad SMARTS) is 1. The maximum Gasteiger partial charge on any atom is 0.490 e. The van der Waals surface area contributed by atoms with E-state index in [0.29, 0.717) is 23.2 Å². The highest BCUT2D eigenvalue weighted by Crippen LogP contribution is 2.25. The zero-order valence-electron chi connectivity index (χ0n) is 18.0. The van der Waals surface area contributed by atoms with Crippen LogP contribution in [0.4, 0.5) is 13.2 Å². The molecule has 176 valence electrons. The minimum atomic E-state index is -5.08. The van der Waals surface area contributed by atoms with E-state index in [2.05, 4.69) is 46.4 Å². The summed E-state index contributed by atoms with van der Waals surface area (Å²) in [6.07, 6.45) is -3.16. The monoisotopic (exact) mass is 464 g/mol. The average Bonchev–Trinajstić information content (AvgIpc) is 3.28. The second kappa shape index (κ2) is 9.99. The minimum Gasteiger partial charge on any atom is -0.475 e. The summed E-state index contributed by atoms with van der Waals surface area (Å²) in [4.78, 5) is 28.7. The van der Waals surface area contributed by atoms with Gasteiger partial charge in [-0.05, 0) is 41.7 Å². The molecule has 0 aliphatic carbocycles. The van der Waals surface area contributed by atoms with E-state index in [1.807, 2.05) is 18.2 Å². The topological polar surface area (TPSA) is 121 Å². The maximum atomic E-state index is 12.4. The van der Waals surface area contributed by atoms with Gasteiger partial charge in [0.15, 0.2) is 0 Å². The molecule has 0 saturated heterocycles. The van der Waals surface area contributed by atoms with Gasteiger partial charge < -0.3 is 19.9 Å². The first kappa shape index (κ1) is 24.2. The summed E-state index contributed by atoms with van der Waals surface area (Å²) in [5, 5.41) is 14.4. The number of pyridine rings is 1. The molecule has 1 aromatic carbocycles.